The lowest BCUT2D eigenvalue weighted by molar-refractivity contribution is -0.139. The SMILES string of the molecule is CCOc1ccc(N(CC(=O)N(Cc2ccc(OC)cc2)[C@@H](C)C(=O)NC(C)C)S(=O)(=O)c2ccc(F)cc2)cc1. The topological polar surface area (TPSA) is 105 Å². The fraction of sp³-hybridized carbons (Fsp3) is 0.333. The Bertz CT molecular complexity index is 1410. The molecule has 1 atom stereocenters. The summed E-state index contributed by atoms with van der Waals surface area (Å²) in [6.45, 7) is 6.89. The highest BCUT2D eigenvalue weighted by molar-refractivity contribution is 7.92. The van der Waals surface area contributed by atoms with Crippen LogP contribution in [0.2, 0.25) is 0 Å². The monoisotopic (exact) mass is 585 g/mol. The number of sulfonamides is 1. The molecule has 0 saturated heterocycles. The van der Waals surface area contributed by atoms with Crippen LogP contribution in [0, 0.1) is 5.82 Å². The molecule has 0 heterocycles. The second-order valence-electron chi connectivity index (χ2n) is 9.60. The highest BCUT2D eigenvalue weighted by Gasteiger charge is 2.32. The van der Waals surface area contributed by atoms with Crippen LogP contribution in [0.4, 0.5) is 10.1 Å². The number of benzene rings is 3. The highest BCUT2D eigenvalue weighted by atomic mass is 32.2. The molecule has 0 spiro atoms. The van der Waals surface area contributed by atoms with Crippen molar-refractivity contribution in [3.8, 4) is 11.5 Å². The van der Waals surface area contributed by atoms with Crippen LogP contribution in [0.5, 0.6) is 11.5 Å². The zero-order valence-electron chi connectivity index (χ0n) is 23.8. The van der Waals surface area contributed by atoms with Gasteiger partial charge in [-0.2, -0.15) is 0 Å². The maximum Gasteiger partial charge on any atom is 0.264 e. The molecule has 0 fully saturated rings. The van der Waals surface area contributed by atoms with E-state index in [9.17, 15) is 22.4 Å². The summed E-state index contributed by atoms with van der Waals surface area (Å²) in [5, 5.41) is 2.81. The van der Waals surface area contributed by atoms with Crippen molar-refractivity contribution in [2.75, 3.05) is 24.6 Å². The number of anilines is 1. The quantitative estimate of drug-likeness (QED) is 0.320. The van der Waals surface area contributed by atoms with E-state index in [-0.39, 0.29) is 29.1 Å². The van der Waals surface area contributed by atoms with E-state index in [4.69, 9.17) is 9.47 Å². The molecule has 0 aliphatic rings. The van der Waals surface area contributed by atoms with Crippen LogP contribution in [-0.2, 0) is 26.2 Å². The van der Waals surface area contributed by atoms with Crippen molar-refractivity contribution in [2.24, 2.45) is 0 Å². The molecule has 2 amide bonds. The zero-order valence-corrected chi connectivity index (χ0v) is 24.7. The summed E-state index contributed by atoms with van der Waals surface area (Å²) in [6.07, 6.45) is 0. The van der Waals surface area contributed by atoms with Crippen LogP contribution < -0.4 is 19.1 Å². The lowest BCUT2D eigenvalue weighted by atomic mass is 10.1. The molecule has 41 heavy (non-hydrogen) atoms. The highest BCUT2D eigenvalue weighted by Crippen LogP contribution is 2.27. The minimum absolute atomic E-state index is 0.0449. The number of nitrogens with zero attached hydrogens (tertiary/aromatic N) is 2. The van der Waals surface area contributed by atoms with Crippen LogP contribution in [0.3, 0.4) is 0 Å². The fourth-order valence-electron chi connectivity index (χ4n) is 4.05. The molecule has 0 aliphatic carbocycles. The Hall–Kier alpha value is -4.12. The molecule has 3 aromatic rings. The van der Waals surface area contributed by atoms with Crippen molar-refractivity contribution in [2.45, 2.75) is 51.2 Å². The third kappa shape index (κ3) is 8.20. The largest absolute Gasteiger partial charge is 0.497 e. The van der Waals surface area contributed by atoms with Gasteiger partial charge in [0, 0.05) is 12.6 Å². The molecule has 11 heteroatoms. The Morgan fingerprint density at radius 2 is 1.49 bits per heavy atom. The Morgan fingerprint density at radius 1 is 0.902 bits per heavy atom. The second-order valence-corrected chi connectivity index (χ2v) is 11.5. The molecular weight excluding hydrogens is 549 g/mol. The van der Waals surface area contributed by atoms with Gasteiger partial charge in [-0.05, 0) is 93.9 Å². The Kier molecular flexibility index (Phi) is 10.7. The van der Waals surface area contributed by atoms with Gasteiger partial charge >= 0.3 is 0 Å². The summed E-state index contributed by atoms with van der Waals surface area (Å²) in [4.78, 5) is 28.1. The number of hydrogen-bond acceptors (Lipinski definition) is 6. The van der Waals surface area contributed by atoms with E-state index in [2.05, 4.69) is 5.32 Å². The Labute approximate surface area is 240 Å². The maximum absolute atomic E-state index is 13.9. The van der Waals surface area contributed by atoms with Crippen molar-refractivity contribution < 1.29 is 31.9 Å². The summed E-state index contributed by atoms with van der Waals surface area (Å²) in [7, 11) is -2.77. The van der Waals surface area contributed by atoms with E-state index in [0.29, 0.717) is 18.1 Å². The van der Waals surface area contributed by atoms with E-state index in [1.807, 2.05) is 20.8 Å². The number of ether oxygens (including phenoxy) is 2. The molecule has 0 aromatic heterocycles. The second kappa shape index (κ2) is 14.0. The third-order valence-electron chi connectivity index (χ3n) is 6.23. The Morgan fingerprint density at radius 3 is 2.02 bits per heavy atom. The third-order valence-corrected chi connectivity index (χ3v) is 8.01. The van der Waals surface area contributed by atoms with Crippen molar-refractivity contribution in [3.05, 3.63) is 84.2 Å². The predicted octanol–water partition coefficient (Wildman–Crippen LogP) is 4.37. The number of carbonyl (C=O) groups excluding carboxylic acids is 2. The van der Waals surface area contributed by atoms with E-state index in [1.165, 1.54) is 17.0 Å². The molecular formula is C30H36FN3O6S. The van der Waals surface area contributed by atoms with Gasteiger partial charge in [-0.1, -0.05) is 12.1 Å². The van der Waals surface area contributed by atoms with E-state index < -0.39 is 34.3 Å². The van der Waals surface area contributed by atoms with Gasteiger partial charge in [0.1, 0.15) is 29.9 Å². The average Bonchev–Trinajstić information content (AvgIpc) is 2.95. The molecule has 9 nitrogen and oxygen atoms in total. The van der Waals surface area contributed by atoms with E-state index >= 15 is 0 Å². The van der Waals surface area contributed by atoms with Crippen molar-refractivity contribution in [1.82, 2.24) is 10.2 Å². The smallest absolute Gasteiger partial charge is 0.264 e. The van der Waals surface area contributed by atoms with Gasteiger partial charge in [-0.25, -0.2) is 12.8 Å². The van der Waals surface area contributed by atoms with E-state index in [1.54, 1.807) is 50.4 Å². The standard InChI is InChI=1S/C30H36FN3O6S/c1-6-40-27-15-11-25(12-16-27)34(41(37,38)28-17-9-24(31)10-18-28)20-29(35)33(22(4)30(36)32-21(2)3)19-23-7-13-26(39-5)14-8-23/h7-18,21-22H,6,19-20H2,1-5H3,(H,32,36)/t22-/m0/s1. The molecule has 1 N–H and O–H groups in total. The molecule has 0 bridgehead atoms. The molecule has 0 saturated carbocycles. The van der Waals surface area contributed by atoms with Gasteiger partial charge in [0.2, 0.25) is 11.8 Å². The van der Waals surface area contributed by atoms with Gasteiger partial charge in [-0.15, -0.1) is 0 Å². The molecule has 3 rings (SSSR count). The zero-order chi connectivity index (χ0) is 30.2. The summed E-state index contributed by atoms with van der Waals surface area (Å²) in [5.41, 5.74) is 0.923. The Balaban J connectivity index is 2.02. The first kappa shape index (κ1) is 31.4. The average molecular weight is 586 g/mol. The van der Waals surface area contributed by atoms with Crippen LogP contribution in [0.15, 0.2) is 77.7 Å². The molecule has 0 radical (unpaired) electrons. The van der Waals surface area contributed by atoms with Crippen LogP contribution >= 0.6 is 0 Å². The summed E-state index contributed by atoms with van der Waals surface area (Å²) >= 11 is 0. The molecule has 220 valence electrons. The van der Waals surface area contributed by atoms with Crippen molar-refractivity contribution in [3.63, 3.8) is 0 Å². The first-order valence-corrected chi connectivity index (χ1v) is 14.6. The van der Waals surface area contributed by atoms with Crippen molar-refractivity contribution >= 4 is 27.5 Å². The van der Waals surface area contributed by atoms with Gasteiger partial charge in [0.15, 0.2) is 0 Å². The maximum atomic E-state index is 13.9. The van der Waals surface area contributed by atoms with Crippen LogP contribution in [-0.4, -0.2) is 57.5 Å². The number of hydrogen-bond donors (Lipinski definition) is 1. The number of nitrogens with one attached hydrogen (secondary N) is 1. The first-order chi connectivity index (χ1) is 19.5. The first-order valence-electron chi connectivity index (χ1n) is 13.2. The van der Waals surface area contributed by atoms with E-state index in [0.717, 1.165) is 34.1 Å². The van der Waals surface area contributed by atoms with Crippen LogP contribution in [0.1, 0.15) is 33.3 Å². The summed E-state index contributed by atoms with van der Waals surface area (Å²) in [6, 6.07) is 16.6. The number of halogens is 1. The summed E-state index contributed by atoms with van der Waals surface area (Å²) < 4.78 is 52.9. The predicted molar refractivity (Wildman–Crippen MR) is 155 cm³/mol. The van der Waals surface area contributed by atoms with Gasteiger partial charge < -0.3 is 19.7 Å². The molecule has 0 unspecified atom stereocenters. The lowest BCUT2D eigenvalue weighted by Crippen LogP contribution is -2.52. The minimum atomic E-state index is -4.31. The minimum Gasteiger partial charge on any atom is -0.497 e. The normalized spacial score (nSPS) is 12.0. The summed E-state index contributed by atoms with van der Waals surface area (Å²) in [5.74, 6) is -0.419. The van der Waals surface area contributed by atoms with Gasteiger partial charge in [0.05, 0.1) is 24.3 Å². The fourth-order valence-corrected chi connectivity index (χ4v) is 5.47. The van der Waals surface area contributed by atoms with Crippen molar-refractivity contribution in [1.29, 1.82) is 0 Å². The van der Waals surface area contributed by atoms with Gasteiger partial charge in [-0.3, -0.25) is 13.9 Å². The number of rotatable bonds is 13. The number of carbonyl (C=O) groups is 2. The molecule has 3 aromatic carbocycles. The van der Waals surface area contributed by atoms with Gasteiger partial charge in [0.25, 0.3) is 10.0 Å². The van der Waals surface area contributed by atoms with Crippen LogP contribution in [0.25, 0.3) is 0 Å². The lowest BCUT2D eigenvalue weighted by Gasteiger charge is -2.32. The number of amides is 2. The molecule has 0 aliphatic heterocycles. The number of methoxy groups -OCH3 is 1.